The van der Waals surface area contributed by atoms with E-state index >= 15 is 0 Å². The zero-order valence-corrected chi connectivity index (χ0v) is 14.8. The number of benzene rings is 1. The Morgan fingerprint density at radius 2 is 1.65 bits per heavy atom. The fourth-order valence-corrected chi connectivity index (χ4v) is 2.00. The molecule has 0 aliphatic heterocycles. The summed E-state index contributed by atoms with van der Waals surface area (Å²) in [4.78, 5) is 11.7. The maximum Gasteiger partial charge on any atom is 0.310 e. The Morgan fingerprint density at radius 3 is 2.13 bits per heavy atom. The fourth-order valence-electron chi connectivity index (χ4n) is 1.55. The van der Waals surface area contributed by atoms with Crippen LogP contribution in [0, 0.1) is 5.92 Å². The van der Waals surface area contributed by atoms with E-state index in [1.54, 1.807) is 12.1 Å². The summed E-state index contributed by atoms with van der Waals surface area (Å²) >= 11 is 0. The van der Waals surface area contributed by atoms with Gasteiger partial charge in [-0.05, 0) is 5.92 Å². The van der Waals surface area contributed by atoms with Crippen LogP contribution in [-0.4, -0.2) is 24.5 Å². The van der Waals surface area contributed by atoms with Gasteiger partial charge in [-0.1, -0.05) is 51.1 Å². The third kappa shape index (κ3) is 6.65. The van der Waals surface area contributed by atoms with Crippen molar-refractivity contribution >= 4 is 10.1 Å². The number of nitrogens with zero attached hydrogens (tertiary/aromatic N) is 2. The van der Waals surface area contributed by atoms with Crippen molar-refractivity contribution in [3.63, 3.8) is 0 Å². The van der Waals surface area contributed by atoms with Crippen molar-refractivity contribution in [2.24, 2.45) is 13.0 Å². The summed E-state index contributed by atoms with van der Waals surface area (Å²) in [6.45, 7) is 6.50. The standard InChI is InChI=1S/C12H12N2O4S.C4H10/c1-14-12(15)11(18-19(2,16)17)8-10(13-14)9-6-4-3-5-7-9;1-4(2)3/h3-8H,1-2H3;4H,1-3H3. The van der Waals surface area contributed by atoms with E-state index in [0.29, 0.717) is 5.69 Å². The van der Waals surface area contributed by atoms with Crippen LogP contribution in [0.25, 0.3) is 11.3 Å². The van der Waals surface area contributed by atoms with E-state index < -0.39 is 15.7 Å². The van der Waals surface area contributed by atoms with E-state index in [4.69, 9.17) is 0 Å². The van der Waals surface area contributed by atoms with Crippen molar-refractivity contribution in [1.29, 1.82) is 0 Å². The minimum absolute atomic E-state index is 0.265. The Kier molecular flexibility index (Phi) is 6.50. The molecule has 2 aromatic rings. The summed E-state index contributed by atoms with van der Waals surface area (Å²) in [5, 5.41) is 4.06. The third-order valence-electron chi connectivity index (χ3n) is 2.34. The molecule has 0 saturated heterocycles. The number of aromatic nitrogens is 2. The third-order valence-corrected chi connectivity index (χ3v) is 2.82. The van der Waals surface area contributed by atoms with Gasteiger partial charge in [0.05, 0.1) is 11.9 Å². The zero-order chi connectivity index (χ0) is 17.6. The second-order valence-corrected chi connectivity index (χ2v) is 7.28. The van der Waals surface area contributed by atoms with E-state index in [-0.39, 0.29) is 5.75 Å². The van der Waals surface area contributed by atoms with Gasteiger partial charge in [-0.15, -0.1) is 0 Å². The quantitative estimate of drug-likeness (QED) is 0.803. The largest absolute Gasteiger partial charge is 0.377 e. The highest BCUT2D eigenvalue weighted by atomic mass is 32.2. The lowest BCUT2D eigenvalue weighted by molar-refractivity contribution is 0.482. The first-order valence-corrected chi connectivity index (χ1v) is 8.95. The Labute approximate surface area is 136 Å². The minimum Gasteiger partial charge on any atom is -0.377 e. The normalized spacial score (nSPS) is 10.9. The van der Waals surface area contributed by atoms with Gasteiger partial charge in [0.15, 0.2) is 0 Å². The lowest BCUT2D eigenvalue weighted by atomic mass is 10.1. The molecule has 0 radical (unpaired) electrons. The Morgan fingerprint density at radius 1 is 1.13 bits per heavy atom. The molecule has 0 aliphatic carbocycles. The molecule has 7 heteroatoms. The molecular weight excluding hydrogens is 316 g/mol. The summed E-state index contributed by atoms with van der Waals surface area (Å²) < 4.78 is 28.0. The molecule has 0 amide bonds. The van der Waals surface area contributed by atoms with Gasteiger partial charge in [0.25, 0.3) is 0 Å². The van der Waals surface area contributed by atoms with Gasteiger partial charge in [-0.2, -0.15) is 13.5 Å². The first kappa shape index (κ1) is 18.9. The van der Waals surface area contributed by atoms with Crippen LogP contribution in [0.3, 0.4) is 0 Å². The van der Waals surface area contributed by atoms with Gasteiger partial charge in [-0.3, -0.25) is 4.79 Å². The van der Waals surface area contributed by atoms with Crippen LogP contribution in [0.2, 0.25) is 0 Å². The lowest BCUT2D eigenvalue weighted by Crippen LogP contribution is -2.23. The molecule has 0 N–H and O–H groups in total. The summed E-state index contributed by atoms with van der Waals surface area (Å²) in [7, 11) is -2.32. The van der Waals surface area contributed by atoms with E-state index in [1.165, 1.54) is 13.1 Å². The second kappa shape index (κ2) is 7.92. The average molecular weight is 338 g/mol. The van der Waals surface area contributed by atoms with Crippen molar-refractivity contribution < 1.29 is 12.6 Å². The molecule has 0 aliphatic rings. The van der Waals surface area contributed by atoms with E-state index in [1.807, 2.05) is 18.2 Å². The molecule has 6 nitrogen and oxygen atoms in total. The molecule has 1 aromatic heterocycles. The minimum atomic E-state index is -3.76. The summed E-state index contributed by atoms with van der Waals surface area (Å²) in [6.07, 6.45) is 0.884. The number of aryl methyl sites for hydroxylation is 1. The first-order chi connectivity index (χ1) is 10.6. The summed E-state index contributed by atoms with van der Waals surface area (Å²) in [6, 6.07) is 10.4. The SMILES string of the molecule is CC(C)C.Cn1nc(-c2ccccc2)cc(OS(C)(=O)=O)c1=O. The van der Waals surface area contributed by atoms with Crippen molar-refractivity contribution in [1.82, 2.24) is 9.78 Å². The van der Waals surface area contributed by atoms with E-state index in [2.05, 4.69) is 30.1 Å². The smallest absolute Gasteiger partial charge is 0.310 e. The highest BCUT2D eigenvalue weighted by Crippen LogP contribution is 2.18. The van der Waals surface area contributed by atoms with E-state index in [0.717, 1.165) is 22.4 Å². The van der Waals surface area contributed by atoms with Gasteiger partial charge in [0.1, 0.15) is 0 Å². The maximum absolute atomic E-state index is 11.7. The second-order valence-electron chi connectivity index (χ2n) is 5.71. The van der Waals surface area contributed by atoms with Gasteiger partial charge < -0.3 is 4.18 Å². The van der Waals surface area contributed by atoms with Crippen LogP contribution in [-0.2, 0) is 17.2 Å². The van der Waals surface area contributed by atoms with Crippen LogP contribution in [0.4, 0.5) is 0 Å². The predicted octanol–water partition coefficient (Wildman–Crippen LogP) is 2.45. The van der Waals surface area contributed by atoms with Gasteiger partial charge in [-0.25, -0.2) is 4.68 Å². The molecule has 1 heterocycles. The highest BCUT2D eigenvalue weighted by molar-refractivity contribution is 7.86. The zero-order valence-electron chi connectivity index (χ0n) is 14.0. The molecule has 2 rings (SSSR count). The van der Waals surface area contributed by atoms with Crippen molar-refractivity contribution in [3.05, 3.63) is 46.8 Å². The van der Waals surface area contributed by atoms with Gasteiger partial charge in [0.2, 0.25) is 5.75 Å². The summed E-state index contributed by atoms with van der Waals surface area (Å²) in [5.74, 6) is 0.568. The number of rotatable bonds is 3. The van der Waals surface area contributed by atoms with Crippen molar-refractivity contribution in [2.75, 3.05) is 6.26 Å². The molecule has 0 atom stereocenters. The number of hydrogen-bond acceptors (Lipinski definition) is 5. The fraction of sp³-hybridized carbons (Fsp3) is 0.375. The van der Waals surface area contributed by atoms with Crippen molar-refractivity contribution in [2.45, 2.75) is 20.8 Å². The molecule has 0 spiro atoms. The highest BCUT2D eigenvalue weighted by Gasteiger charge is 2.13. The number of hydrogen-bond donors (Lipinski definition) is 0. The molecule has 0 saturated carbocycles. The van der Waals surface area contributed by atoms with Crippen LogP contribution in [0.15, 0.2) is 41.2 Å². The lowest BCUT2D eigenvalue weighted by Gasteiger charge is -2.07. The monoisotopic (exact) mass is 338 g/mol. The maximum atomic E-state index is 11.7. The first-order valence-electron chi connectivity index (χ1n) is 7.13. The van der Waals surface area contributed by atoms with Gasteiger partial charge >= 0.3 is 15.7 Å². The van der Waals surface area contributed by atoms with E-state index in [9.17, 15) is 13.2 Å². The molecule has 126 valence electrons. The molecule has 0 unspecified atom stereocenters. The van der Waals surface area contributed by atoms with Crippen LogP contribution in [0.1, 0.15) is 20.8 Å². The Balaban J connectivity index is 0.000000593. The molecular formula is C16H22N2O4S. The molecule has 0 bridgehead atoms. The average Bonchev–Trinajstić information content (AvgIpc) is 2.42. The van der Waals surface area contributed by atoms with Crippen LogP contribution < -0.4 is 9.74 Å². The molecule has 0 fully saturated rings. The van der Waals surface area contributed by atoms with Crippen LogP contribution >= 0.6 is 0 Å². The van der Waals surface area contributed by atoms with Gasteiger partial charge in [0, 0.05) is 18.7 Å². The topological polar surface area (TPSA) is 78.3 Å². The molecule has 1 aromatic carbocycles. The van der Waals surface area contributed by atoms with Crippen LogP contribution in [0.5, 0.6) is 5.75 Å². The van der Waals surface area contributed by atoms with Crippen molar-refractivity contribution in [3.8, 4) is 17.0 Å². The Bertz CT molecular complexity index is 794. The molecule has 23 heavy (non-hydrogen) atoms. The predicted molar refractivity (Wildman–Crippen MR) is 90.9 cm³/mol. The summed E-state index contributed by atoms with van der Waals surface area (Å²) in [5.41, 5.74) is 0.614. The Hall–Kier alpha value is -2.15.